The number of carbonyl (C=O) groups excluding carboxylic acids is 1. The van der Waals surface area contributed by atoms with Crippen molar-refractivity contribution in [1.82, 2.24) is 5.32 Å². The Morgan fingerprint density at radius 1 is 1.32 bits per heavy atom. The molecule has 1 amide bonds. The average molecular weight is 321 g/mol. The van der Waals surface area contributed by atoms with Gasteiger partial charge in [0.2, 0.25) is 0 Å². The van der Waals surface area contributed by atoms with Crippen molar-refractivity contribution < 1.29 is 9.53 Å². The molecule has 0 saturated carbocycles. The fourth-order valence-corrected chi connectivity index (χ4v) is 2.76. The number of carbonyl (C=O) groups is 1. The second kappa shape index (κ2) is 9.53. The Morgan fingerprint density at radius 3 is 2.77 bits per heavy atom. The van der Waals surface area contributed by atoms with Gasteiger partial charge in [0.05, 0.1) is 11.4 Å². The Labute approximate surface area is 138 Å². The molecule has 0 aliphatic rings. The lowest BCUT2D eigenvalue weighted by Crippen LogP contribution is -2.32. The van der Waals surface area contributed by atoms with Crippen LogP contribution in [0, 0.1) is 11.8 Å². The first-order chi connectivity index (χ1) is 10.4. The minimum Gasteiger partial charge on any atom is -0.444 e. The predicted octanol–water partition coefficient (Wildman–Crippen LogP) is 4.75. The summed E-state index contributed by atoms with van der Waals surface area (Å²) in [7, 11) is 0. The molecule has 0 aromatic carbocycles. The molecule has 3 nitrogen and oxygen atoms in total. The van der Waals surface area contributed by atoms with Crippen LogP contribution in [0.4, 0.5) is 4.79 Å². The summed E-state index contributed by atoms with van der Waals surface area (Å²) in [5.74, 6) is 6.15. The molecular formula is C18H27NO2S. The first-order valence-corrected chi connectivity index (χ1v) is 8.82. The van der Waals surface area contributed by atoms with E-state index in [1.807, 2.05) is 20.8 Å². The third-order valence-electron chi connectivity index (χ3n) is 2.97. The lowest BCUT2D eigenvalue weighted by atomic mass is 10.1. The minimum absolute atomic E-state index is 0.308. The van der Waals surface area contributed by atoms with E-state index in [0.29, 0.717) is 6.54 Å². The van der Waals surface area contributed by atoms with E-state index >= 15 is 0 Å². The molecule has 0 aliphatic carbocycles. The van der Waals surface area contributed by atoms with Crippen LogP contribution in [-0.4, -0.2) is 18.2 Å². The maximum atomic E-state index is 11.5. The van der Waals surface area contributed by atoms with Gasteiger partial charge in [-0.2, -0.15) is 0 Å². The quantitative estimate of drug-likeness (QED) is 0.606. The summed E-state index contributed by atoms with van der Waals surface area (Å²) >= 11 is 1.66. The van der Waals surface area contributed by atoms with Crippen molar-refractivity contribution in [3.8, 4) is 11.8 Å². The lowest BCUT2D eigenvalue weighted by Gasteiger charge is -2.18. The van der Waals surface area contributed by atoms with Crippen LogP contribution in [0.2, 0.25) is 0 Å². The molecule has 0 spiro atoms. The van der Waals surface area contributed by atoms with Gasteiger partial charge in [0, 0.05) is 0 Å². The van der Waals surface area contributed by atoms with Crippen LogP contribution < -0.4 is 5.32 Å². The molecule has 0 saturated heterocycles. The fraction of sp³-hybridized carbons (Fsp3) is 0.611. The van der Waals surface area contributed by atoms with E-state index in [0.717, 1.165) is 11.3 Å². The van der Waals surface area contributed by atoms with Crippen LogP contribution in [0.25, 0.3) is 0 Å². The third kappa shape index (κ3) is 8.09. The molecule has 1 rings (SSSR count). The number of aryl methyl sites for hydroxylation is 1. The van der Waals surface area contributed by atoms with E-state index in [4.69, 9.17) is 4.74 Å². The van der Waals surface area contributed by atoms with E-state index in [9.17, 15) is 4.79 Å². The highest BCUT2D eigenvalue weighted by Gasteiger charge is 2.15. The zero-order valence-electron chi connectivity index (χ0n) is 14.1. The van der Waals surface area contributed by atoms with Gasteiger partial charge in [-0.1, -0.05) is 38.0 Å². The lowest BCUT2D eigenvalue weighted by molar-refractivity contribution is 0.0535. The maximum Gasteiger partial charge on any atom is 0.408 e. The Bertz CT molecular complexity index is 517. The first kappa shape index (κ1) is 18.6. The van der Waals surface area contributed by atoms with Crippen molar-refractivity contribution in [3.05, 3.63) is 21.9 Å². The highest BCUT2D eigenvalue weighted by Crippen LogP contribution is 2.18. The van der Waals surface area contributed by atoms with Gasteiger partial charge >= 0.3 is 6.09 Å². The summed E-state index contributed by atoms with van der Waals surface area (Å²) in [4.78, 5) is 12.6. The number of alkyl carbamates (subject to hydrolysis) is 1. The fourth-order valence-electron chi connectivity index (χ4n) is 1.94. The highest BCUT2D eigenvalue weighted by molar-refractivity contribution is 7.10. The van der Waals surface area contributed by atoms with E-state index < -0.39 is 11.7 Å². The van der Waals surface area contributed by atoms with Crippen LogP contribution in [0.3, 0.4) is 0 Å². The molecule has 0 fully saturated rings. The summed E-state index contributed by atoms with van der Waals surface area (Å²) in [6.07, 6.45) is 5.71. The molecule has 0 radical (unpaired) electrons. The van der Waals surface area contributed by atoms with Crippen molar-refractivity contribution in [1.29, 1.82) is 0 Å². The molecular weight excluding hydrogens is 294 g/mol. The van der Waals surface area contributed by atoms with Crippen LogP contribution in [0.5, 0.6) is 0 Å². The van der Waals surface area contributed by atoms with Crippen molar-refractivity contribution in [3.63, 3.8) is 0 Å². The van der Waals surface area contributed by atoms with E-state index in [2.05, 4.69) is 35.5 Å². The number of ether oxygens (including phenoxy) is 1. The van der Waals surface area contributed by atoms with Crippen LogP contribution in [0.15, 0.2) is 11.4 Å². The molecule has 0 bridgehead atoms. The topological polar surface area (TPSA) is 38.3 Å². The summed E-state index contributed by atoms with van der Waals surface area (Å²) in [6.45, 7) is 8.05. The number of amides is 1. The SMILES string of the molecule is CCCCCCc1ccsc1C#CCNC(=O)OC(C)(C)C. The van der Waals surface area contributed by atoms with Gasteiger partial charge in [0.25, 0.3) is 0 Å². The Hall–Kier alpha value is -1.47. The summed E-state index contributed by atoms with van der Waals surface area (Å²) < 4.78 is 5.16. The van der Waals surface area contributed by atoms with Gasteiger partial charge in [-0.05, 0) is 50.6 Å². The largest absolute Gasteiger partial charge is 0.444 e. The third-order valence-corrected chi connectivity index (χ3v) is 3.84. The molecule has 4 heteroatoms. The maximum absolute atomic E-state index is 11.5. The number of hydrogen-bond acceptors (Lipinski definition) is 3. The minimum atomic E-state index is -0.475. The smallest absolute Gasteiger partial charge is 0.408 e. The van der Waals surface area contributed by atoms with Crippen molar-refractivity contribution in [2.75, 3.05) is 6.54 Å². The van der Waals surface area contributed by atoms with Gasteiger partial charge in [0.1, 0.15) is 5.60 Å². The molecule has 1 heterocycles. The Morgan fingerprint density at radius 2 is 2.09 bits per heavy atom. The van der Waals surface area contributed by atoms with E-state index in [1.54, 1.807) is 11.3 Å². The Balaban J connectivity index is 2.39. The van der Waals surface area contributed by atoms with Gasteiger partial charge in [-0.3, -0.25) is 0 Å². The summed E-state index contributed by atoms with van der Waals surface area (Å²) in [6, 6.07) is 2.15. The molecule has 0 unspecified atom stereocenters. The van der Waals surface area contributed by atoms with Gasteiger partial charge in [0.15, 0.2) is 0 Å². The Kier molecular flexibility index (Phi) is 8.05. The number of hydrogen-bond donors (Lipinski definition) is 1. The zero-order chi connectivity index (χ0) is 16.4. The van der Waals surface area contributed by atoms with Crippen LogP contribution in [0.1, 0.15) is 63.8 Å². The second-order valence-electron chi connectivity index (χ2n) is 6.24. The molecule has 1 aromatic heterocycles. The van der Waals surface area contributed by atoms with Crippen molar-refractivity contribution in [2.24, 2.45) is 0 Å². The number of rotatable bonds is 6. The first-order valence-electron chi connectivity index (χ1n) is 7.94. The molecule has 0 atom stereocenters. The molecule has 22 heavy (non-hydrogen) atoms. The molecule has 1 N–H and O–H groups in total. The number of unbranched alkanes of at least 4 members (excludes halogenated alkanes) is 3. The predicted molar refractivity (Wildman–Crippen MR) is 93.3 cm³/mol. The van der Waals surface area contributed by atoms with Gasteiger partial charge in [-0.15, -0.1) is 11.3 Å². The molecule has 1 aromatic rings. The van der Waals surface area contributed by atoms with Gasteiger partial charge < -0.3 is 10.1 Å². The second-order valence-corrected chi connectivity index (χ2v) is 7.16. The average Bonchev–Trinajstić information content (AvgIpc) is 2.85. The van der Waals surface area contributed by atoms with E-state index in [1.165, 1.54) is 31.2 Å². The van der Waals surface area contributed by atoms with Crippen LogP contribution in [-0.2, 0) is 11.2 Å². The summed E-state index contributed by atoms with van der Waals surface area (Å²) in [5, 5.41) is 4.73. The number of nitrogens with one attached hydrogen (secondary N) is 1. The normalized spacial score (nSPS) is 10.7. The standard InChI is InChI=1S/C18H27NO2S/c1-5-6-7-8-10-15-12-14-22-16(15)11-9-13-19-17(20)21-18(2,3)4/h12,14H,5-8,10,13H2,1-4H3,(H,19,20). The summed E-state index contributed by atoms with van der Waals surface area (Å²) in [5.41, 5.74) is 0.850. The van der Waals surface area contributed by atoms with Crippen LogP contribution >= 0.6 is 11.3 Å². The van der Waals surface area contributed by atoms with Crippen molar-refractivity contribution >= 4 is 17.4 Å². The highest BCUT2D eigenvalue weighted by atomic mass is 32.1. The zero-order valence-corrected chi connectivity index (χ0v) is 14.9. The number of thiophene rings is 1. The van der Waals surface area contributed by atoms with Crippen molar-refractivity contribution in [2.45, 2.75) is 65.4 Å². The van der Waals surface area contributed by atoms with Gasteiger partial charge in [-0.25, -0.2) is 4.79 Å². The molecule has 0 aliphatic heterocycles. The molecule has 122 valence electrons. The van der Waals surface area contributed by atoms with E-state index in [-0.39, 0.29) is 0 Å². The monoisotopic (exact) mass is 321 g/mol.